The van der Waals surface area contributed by atoms with Gasteiger partial charge >= 0.3 is 0 Å². The Morgan fingerprint density at radius 3 is 2.38 bits per heavy atom. The molecule has 0 amide bonds. The highest BCUT2D eigenvalue weighted by molar-refractivity contribution is 7.92. The first-order valence-corrected chi connectivity index (χ1v) is 7.82. The van der Waals surface area contributed by atoms with Crippen LogP contribution in [0.5, 0.6) is 0 Å². The van der Waals surface area contributed by atoms with Crippen molar-refractivity contribution in [1.29, 1.82) is 0 Å². The molecule has 0 saturated heterocycles. The second-order valence-corrected chi connectivity index (χ2v) is 7.64. The number of nitrogens with two attached hydrogens (primary N) is 1. The minimum absolute atomic E-state index is 0.0429. The zero-order chi connectivity index (χ0) is 11.5. The molecule has 4 unspecified atom stereocenters. The van der Waals surface area contributed by atoms with Crippen molar-refractivity contribution >= 4 is 27.2 Å². The fraction of sp³-hybridized carbons (Fsp3) is 0.900. The first kappa shape index (κ1) is 10.9. The lowest BCUT2D eigenvalue weighted by Crippen LogP contribution is -2.36. The van der Waals surface area contributed by atoms with Gasteiger partial charge in [0, 0.05) is 6.04 Å². The van der Waals surface area contributed by atoms with Crippen LogP contribution in [0, 0.1) is 23.7 Å². The van der Waals surface area contributed by atoms with Crippen LogP contribution >= 0.6 is 12.2 Å². The molecule has 2 bridgehead atoms. The molecule has 0 heterocycles. The molecule has 0 aromatic carbocycles. The van der Waals surface area contributed by atoms with Crippen LogP contribution in [0.2, 0.25) is 0 Å². The zero-order valence-electron chi connectivity index (χ0n) is 8.93. The van der Waals surface area contributed by atoms with Gasteiger partial charge in [-0.25, -0.2) is 13.1 Å². The molecule has 3 saturated carbocycles. The van der Waals surface area contributed by atoms with E-state index in [0.29, 0.717) is 11.8 Å². The van der Waals surface area contributed by atoms with Gasteiger partial charge < -0.3 is 5.73 Å². The normalized spacial score (nSPS) is 44.4. The van der Waals surface area contributed by atoms with Crippen LogP contribution in [-0.2, 0) is 10.0 Å². The predicted molar refractivity (Wildman–Crippen MR) is 65.3 cm³/mol. The molecule has 3 N–H and O–H groups in total. The van der Waals surface area contributed by atoms with Gasteiger partial charge in [-0.3, -0.25) is 0 Å². The third kappa shape index (κ3) is 1.67. The van der Waals surface area contributed by atoms with E-state index in [4.69, 9.17) is 5.73 Å². The lowest BCUT2D eigenvalue weighted by molar-refractivity contribution is 0.456. The first-order valence-electron chi connectivity index (χ1n) is 5.76. The molecule has 0 radical (unpaired) electrons. The largest absolute Gasteiger partial charge is 0.392 e. The van der Waals surface area contributed by atoms with Crippen LogP contribution in [0.3, 0.4) is 0 Å². The van der Waals surface area contributed by atoms with E-state index in [0.717, 1.165) is 11.8 Å². The van der Waals surface area contributed by atoms with E-state index in [1.165, 1.54) is 19.3 Å². The Bertz CT molecular complexity index is 418. The van der Waals surface area contributed by atoms with E-state index < -0.39 is 10.0 Å². The molecular weight excluding hydrogens is 244 g/mol. The monoisotopic (exact) mass is 260 g/mol. The Balaban J connectivity index is 1.64. The molecule has 4 nitrogen and oxygen atoms in total. The molecule has 0 aliphatic heterocycles. The summed E-state index contributed by atoms with van der Waals surface area (Å²) < 4.78 is 26.1. The van der Waals surface area contributed by atoms with Crippen molar-refractivity contribution in [2.75, 3.05) is 5.75 Å². The number of rotatable bonds is 4. The zero-order valence-corrected chi connectivity index (χ0v) is 10.6. The van der Waals surface area contributed by atoms with Crippen molar-refractivity contribution in [2.24, 2.45) is 29.4 Å². The van der Waals surface area contributed by atoms with Crippen molar-refractivity contribution in [1.82, 2.24) is 4.72 Å². The van der Waals surface area contributed by atoms with Gasteiger partial charge in [0.25, 0.3) is 0 Å². The van der Waals surface area contributed by atoms with Crippen molar-refractivity contribution in [3.05, 3.63) is 0 Å². The topological polar surface area (TPSA) is 72.2 Å². The minimum atomic E-state index is -3.29. The van der Waals surface area contributed by atoms with Crippen LogP contribution in [-0.4, -0.2) is 25.2 Å². The summed E-state index contributed by atoms with van der Waals surface area (Å²) >= 11 is 4.64. The molecule has 90 valence electrons. The Morgan fingerprint density at radius 1 is 1.31 bits per heavy atom. The van der Waals surface area contributed by atoms with Crippen LogP contribution < -0.4 is 10.5 Å². The number of nitrogens with one attached hydrogen (secondary N) is 1. The Kier molecular flexibility index (Phi) is 2.32. The molecule has 16 heavy (non-hydrogen) atoms. The molecule has 0 spiro atoms. The molecule has 4 atom stereocenters. The van der Waals surface area contributed by atoms with Gasteiger partial charge in [0.05, 0.1) is 4.99 Å². The fourth-order valence-corrected chi connectivity index (χ4v) is 5.57. The maximum atomic E-state index is 11.7. The van der Waals surface area contributed by atoms with E-state index >= 15 is 0 Å². The Morgan fingerprint density at radius 2 is 1.88 bits per heavy atom. The van der Waals surface area contributed by atoms with Gasteiger partial charge in [0.2, 0.25) is 10.0 Å². The van der Waals surface area contributed by atoms with Gasteiger partial charge in [-0.2, -0.15) is 0 Å². The number of hydrogen-bond acceptors (Lipinski definition) is 3. The summed E-state index contributed by atoms with van der Waals surface area (Å²) in [5.74, 6) is 2.55. The number of fused-ring (bicyclic) bond motifs is 5. The van der Waals surface area contributed by atoms with Gasteiger partial charge in [0.1, 0.15) is 5.75 Å². The molecule has 0 aromatic heterocycles. The maximum absolute atomic E-state index is 11.7. The van der Waals surface area contributed by atoms with E-state index in [2.05, 4.69) is 16.9 Å². The molecule has 3 rings (SSSR count). The van der Waals surface area contributed by atoms with E-state index in [-0.39, 0.29) is 16.8 Å². The smallest absolute Gasteiger partial charge is 0.218 e. The van der Waals surface area contributed by atoms with E-state index in [1.54, 1.807) is 0 Å². The highest BCUT2D eigenvalue weighted by atomic mass is 32.2. The average molecular weight is 260 g/mol. The highest BCUT2D eigenvalue weighted by Gasteiger charge is 2.65. The summed E-state index contributed by atoms with van der Waals surface area (Å²) in [4.78, 5) is 0.0429. The average Bonchev–Trinajstić information content (AvgIpc) is 2.57. The summed E-state index contributed by atoms with van der Waals surface area (Å²) in [5, 5.41) is 0. The van der Waals surface area contributed by atoms with Gasteiger partial charge in [0.15, 0.2) is 0 Å². The standard InChI is InChI=1S/C10H16N2O2S2/c11-7(15)4-16(13,14)12-10-8-5-1-2-6(3-5)9(8)10/h5-6,8-10,12H,1-4H2,(H2,11,15). The number of sulfonamides is 1. The molecular formula is C10H16N2O2S2. The molecule has 3 fully saturated rings. The predicted octanol–water partition coefficient (Wildman–Crippen LogP) is 0.236. The third-order valence-electron chi connectivity index (χ3n) is 4.38. The second-order valence-electron chi connectivity index (χ2n) is 5.36. The summed E-state index contributed by atoms with van der Waals surface area (Å²) in [7, 11) is -3.29. The number of hydrogen-bond donors (Lipinski definition) is 2. The van der Waals surface area contributed by atoms with Crippen LogP contribution in [0.1, 0.15) is 19.3 Å². The molecule has 3 aliphatic rings. The van der Waals surface area contributed by atoms with E-state index in [9.17, 15) is 8.42 Å². The van der Waals surface area contributed by atoms with Crippen LogP contribution in [0.15, 0.2) is 0 Å². The second kappa shape index (κ2) is 3.40. The maximum Gasteiger partial charge on any atom is 0.218 e. The van der Waals surface area contributed by atoms with E-state index in [1.807, 2.05) is 0 Å². The van der Waals surface area contributed by atoms with Crippen LogP contribution in [0.4, 0.5) is 0 Å². The van der Waals surface area contributed by atoms with Crippen molar-refractivity contribution in [3.8, 4) is 0 Å². The number of thiocarbonyl (C=S) groups is 1. The van der Waals surface area contributed by atoms with Crippen molar-refractivity contribution in [3.63, 3.8) is 0 Å². The van der Waals surface area contributed by atoms with Crippen LogP contribution in [0.25, 0.3) is 0 Å². The third-order valence-corrected chi connectivity index (χ3v) is 6.03. The fourth-order valence-electron chi connectivity index (χ4n) is 3.92. The van der Waals surface area contributed by atoms with Crippen molar-refractivity contribution < 1.29 is 8.42 Å². The van der Waals surface area contributed by atoms with Gasteiger partial charge in [-0.15, -0.1) is 0 Å². The summed E-state index contributed by atoms with van der Waals surface area (Å²) in [6.45, 7) is 0. The SMILES string of the molecule is NC(=S)CS(=O)(=O)NC1C2C3CCC(C3)C12. The quantitative estimate of drug-likeness (QED) is 0.710. The Hall–Kier alpha value is -0.200. The summed E-state index contributed by atoms with van der Waals surface area (Å²) in [6, 6.07) is 0.186. The summed E-state index contributed by atoms with van der Waals surface area (Å²) in [6.07, 6.45) is 3.90. The Labute approximate surface area is 101 Å². The summed E-state index contributed by atoms with van der Waals surface area (Å²) in [5.41, 5.74) is 5.27. The van der Waals surface area contributed by atoms with Crippen molar-refractivity contribution in [2.45, 2.75) is 25.3 Å². The first-order chi connectivity index (χ1) is 7.48. The highest BCUT2D eigenvalue weighted by Crippen LogP contribution is 2.65. The molecule has 0 aromatic rings. The molecule has 3 aliphatic carbocycles. The molecule has 6 heteroatoms. The minimum Gasteiger partial charge on any atom is -0.392 e. The van der Waals surface area contributed by atoms with Gasteiger partial charge in [-0.1, -0.05) is 12.2 Å². The van der Waals surface area contributed by atoms with Gasteiger partial charge in [-0.05, 0) is 42.9 Å². The lowest BCUT2D eigenvalue weighted by Gasteiger charge is -2.10. The lowest BCUT2D eigenvalue weighted by atomic mass is 10.0.